The number of aromatic nitrogens is 3. The third-order valence-corrected chi connectivity index (χ3v) is 11.5. The molecule has 4 aromatic carbocycles. The number of ketones is 1. The standard InChI is InChI=1S/C47H57ClN8O6/c1-10-46(6,7)29-17-24-38(34(26-29)47(8,9)11-2)62-25-13-16-39(58)50-32-22-23-35(48)36(27-32)52-44(61)41(42(59)45(3,4)5)56-37-15-12-14-33(40(37)54-55-56)43(60)51-30-18-20-31(21-19-30)53-49-28-57/h12,14-15,17-24,26-28,41,53H,10-11,13,16,25H2,1-9H3,(H,49,57)(H,50,58)(H,51,60)(H,52,61)/t41-/m0/s1. The average Bonchev–Trinajstić information content (AvgIpc) is 3.66. The summed E-state index contributed by atoms with van der Waals surface area (Å²) in [5.74, 6) is -1.14. The van der Waals surface area contributed by atoms with E-state index in [1.54, 1.807) is 75.4 Å². The predicted molar refractivity (Wildman–Crippen MR) is 245 cm³/mol. The van der Waals surface area contributed by atoms with E-state index < -0.39 is 29.1 Å². The second kappa shape index (κ2) is 19.6. The van der Waals surface area contributed by atoms with Gasteiger partial charge in [-0.3, -0.25) is 34.8 Å². The van der Waals surface area contributed by atoms with E-state index in [9.17, 15) is 24.0 Å². The molecule has 5 N–H and O–H groups in total. The normalized spacial score (nSPS) is 12.3. The fourth-order valence-corrected chi connectivity index (χ4v) is 6.74. The summed E-state index contributed by atoms with van der Waals surface area (Å²) in [6.07, 6.45) is 3.10. The molecule has 1 atom stereocenters. The Morgan fingerprint density at radius 2 is 1.48 bits per heavy atom. The van der Waals surface area contributed by atoms with Crippen molar-refractivity contribution in [3.63, 3.8) is 0 Å². The molecule has 0 saturated carbocycles. The molecular formula is C47H57ClN8O6. The number of fused-ring (bicyclic) bond motifs is 1. The first-order valence-electron chi connectivity index (χ1n) is 20.7. The Bertz CT molecular complexity index is 2440. The topological polar surface area (TPSA) is 185 Å². The van der Waals surface area contributed by atoms with E-state index in [2.05, 4.69) is 90.8 Å². The molecule has 328 valence electrons. The quantitative estimate of drug-likeness (QED) is 0.0233. The first kappa shape index (κ1) is 46.8. The van der Waals surface area contributed by atoms with E-state index in [0.717, 1.165) is 24.2 Å². The van der Waals surface area contributed by atoms with Crippen LogP contribution in [0.15, 0.2) is 78.9 Å². The van der Waals surface area contributed by atoms with Crippen LogP contribution in [0.2, 0.25) is 5.02 Å². The molecule has 1 aromatic heterocycles. The summed E-state index contributed by atoms with van der Waals surface area (Å²) < 4.78 is 7.47. The molecule has 0 aliphatic carbocycles. The smallest absolute Gasteiger partial charge is 0.258 e. The Morgan fingerprint density at radius 1 is 0.806 bits per heavy atom. The van der Waals surface area contributed by atoms with E-state index in [1.165, 1.54) is 16.3 Å². The van der Waals surface area contributed by atoms with Crippen molar-refractivity contribution in [2.24, 2.45) is 5.41 Å². The van der Waals surface area contributed by atoms with Gasteiger partial charge in [-0.25, -0.2) is 4.68 Å². The molecule has 0 fully saturated rings. The van der Waals surface area contributed by atoms with Gasteiger partial charge in [-0.2, -0.15) is 0 Å². The molecule has 0 bridgehead atoms. The predicted octanol–water partition coefficient (Wildman–Crippen LogP) is 9.38. The molecule has 0 radical (unpaired) electrons. The van der Waals surface area contributed by atoms with E-state index in [0.29, 0.717) is 36.5 Å². The largest absolute Gasteiger partial charge is 0.493 e. The van der Waals surface area contributed by atoms with E-state index >= 15 is 0 Å². The Hall–Kier alpha value is -6.28. The van der Waals surface area contributed by atoms with Gasteiger partial charge in [0.1, 0.15) is 11.3 Å². The molecule has 62 heavy (non-hydrogen) atoms. The van der Waals surface area contributed by atoms with Gasteiger partial charge in [0.2, 0.25) is 12.3 Å². The molecule has 14 nitrogen and oxygen atoms in total. The Kier molecular flexibility index (Phi) is 14.8. The summed E-state index contributed by atoms with van der Waals surface area (Å²) in [4.78, 5) is 65.3. The maximum Gasteiger partial charge on any atom is 0.258 e. The molecule has 1 heterocycles. The first-order valence-corrected chi connectivity index (χ1v) is 21.1. The lowest BCUT2D eigenvalue weighted by Crippen LogP contribution is -2.39. The average molecular weight is 865 g/mol. The molecular weight excluding hydrogens is 808 g/mol. The first-order chi connectivity index (χ1) is 29.3. The van der Waals surface area contributed by atoms with Crippen LogP contribution in [0.5, 0.6) is 5.75 Å². The highest BCUT2D eigenvalue weighted by Gasteiger charge is 2.38. The summed E-state index contributed by atoms with van der Waals surface area (Å²) in [5, 5.41) is 17.1. The Morgan fingerprint density at radius 3 is 2.15 bits per heavy atom. The van der Waals surface area contributed by atoms with Crippen LogP contribution in [0, 0.1) is 5.41 Å². The number of Topliss-reactive ketones (excluding diaryl/α,β-unsaturated/α-hetero) is 1. The number of hydrazine groups is 1. The molecule has 0 saturated heterocycles. The van der Waals surface area contributed by atoms with Crippen molar-refractivity contribution in [2.45, 2.75) is 105 Å². The molecule has 0 unspecified atom stereocenters. The van der Waals surface area contributed by atoms with Gasteiger partial charge in [-0.15, -0.1) is 5.10 Å². The summed E-state index contributed by atoms with van der Waals surface area (Å²) in [6.45, 7) is 18.7. The summed E-state index contributed by atoms with van der Waals surface area (Å²) >= 11 is 6.55. The van der Waals surface area contributed by atoms with Gasteiger partial charge in [0.15, 0.2) is 11.8 Å². The van der Waals surface area contributed by atoms with Gasteiger partial charge < -0.3 is 20.7 Å². The van der Waals surface area contributed by atoms with Crippen molar-refractivity contribution in [3.05, 3.63) is 101 Å². The van der Waals surface area contributed by atoms with Gasteiger partial charge in [-0.1, -0.05) is 97.3 Å². The molecule has 0 spiro atoms. The third kappa shape index (κ3) is 11.1. The van der Waals surface area contributed by atoms with Gasteiger partial charge in [0.05, 0.1) is 34.1 Å². The molecule has 4 amide bonds. The number of nitrogens with one attached hydrogen (secondary N) is 5. The number of carbonyl (C=O) groups excluding carboxylic acids is 5. The zero-order valence-corrected chi connectivity index (χ0v) is 37.6. The highest BCUT2D eigenvalue weighted by Crippen LogP contribution is 2.39. The van der Waals surface area contributed by atoms with Crippen LogP contribution < -0.4 is 31.5 Å². The number of hydrogen-bond acceptors (Lipinski definition) is 9. The Balaban J connectivity index is 1.28. The summed E-state index contributed by atoms with van der Waals surface area (Å²) in [5.41, 5.74) is 8.62. The van der Waals surface area contributed by atoms with Crippen molar-refractivity contribution < 1.29 is 28.7 Å². The van der Waals surface area contributed by atoms with Crippen LogP contribution in [-0.4, -0.2) is 51.5 Å². The van der Waals surface area contributed by atoms with E-state index in [4.69, 9.17) is 16.3 Å². The highest BCUT2D eigenvalue weighted by atomic mass is 35.5. The van der Waals surface area contributed by atoms with Crippen molar-refractivity contribution in [1.29, 1.82) is 0 Å². The van der Waals surface area contributed by atoms with Crippen molar-refractivity contribution >= 4 is 75.3 Å². The van der Waals surface area contributed by atoms with Gasteiger partial charge >= 0.3 is 0 Å². The number of halogens is 1. The minimum atomic E-state index is -1.51. The zero-order chi connectivity index (χ0) is 45.4. The van der Waals surface area contributed by atoms with Crippen LogP contribution >= 0.6 is 11.6 Å². The highest BCUT2D eigenvalue weighted by molar-refractivity contribution is 6.34. The monoisotopic (exact) mass is 864 g/mol. The second-order valence-corrected chi connectivity index (χ2v) is 17.9. The lowest BCUT2D eigenvalue weighted by Gasteiger charge is -2.30. The summed E-state index contributed by atoms with van der Waals surface area (Å²) in [7, 11) is 0. The van der Waals surface area contributed by atoms with Crippen molar-refractivity contribution in [3.8, 4) is 5.75 Å². The van der Waals surface area contributed by atoms with Crippen LogP contribution in [-0.2, 0) is 30.0 Å². The minimum absolute atomic E-state index is 0.0376. The van der Waals surface area contributed by atoms with Gasteiger partial charge in [-0.05, 0) is 96.3 Å². The van der Waals surface area contributed by atoms with Crippen LogP contribution in [0.4, 0.5) is 22.7 Å². The van der Waals surface area contributed by atoms with E-state index in [-0.39, 0.29) is 50.5 Å². The van der Waals surface area contributed by atoms with E-state index in [1.807, 2.05) is 6.07 Å². The minimum Gasteiger partial charge on any atom is -0.493 e. The maximum absolute atomic E-state index is 14.2. The number of carbonyl (C=O) groups is 5. The lowest BCUT2D eigenvalue weighted by atomic mass is 9.76. The van der Waals surface area contributed by atoms with Crippen molar-refractivity contribution in [2.75, 3.05) is 28.0 Å². The summed E-state index contributed by atoms with van der Waals surface area (Å²) in [6, 6.07) is 21.0. The van der Waals surface area contributed by atoms with Crippen LogP contribution in [0.1, 0.15) is 116 Å². The number of nitrogens with zero attached hydrogens (tertiary/aromatic N) is 3. The fraction of sp³-hybridized carbons (Fsp3) is 0.383. The molecule has 0 aliphatic rings. The molecule has 15 heteroatoms. The SMILES string of the molecule is CCC(C)(C)c1ccc(OCCCC(=O)Nc2ccc(Cl)c(NC(=O)[C@H](C(=O)C(C)(C)C)n3nnc4c(C(=O)Nc5ccc(NNC=O)cc5)cccc43)c2)c(C(C)(C)CC)c1. The number of rotatable bonds is 19. The van der Waals surface area contributed by atoms with Crippen LogP contribution in [0.3, 0.4) is 0 Å². The number of benzene rings is 4. The number of ether oxygens (including phenoxy) is 1. The zero-order valence-electron chi connectivity index (χ0n) is 36.9. The number of amides is 4. The number of anilines is 4. The maximum atomic E-state index is 14.2. The van der Waals surface area contributed by atoms with Crippen molar-refractivity contribution in [1.82, 2.24) is 20.4 Å². The van der Waals surface area contributed by atoms with Crippen LogP contribution in [0.25, 0.3) is 11.0 Å². The molecule has 5 aromatic rings. The van der Waals surface area contributed by atoms with Gasteiger partial charge in [0, 0.05) is 28.8 Å². The Labute approximate surface area is 367 Å². The fourth-order valence-electron chi connectivity index (χ4n) is 6.57. The molecule has 5 rings (SSSR count). The number of hydrogen-bond donors (Lipinski definition) is 5. The third-order valence-electron chi connectivity index (χ3n) is 11.2. The van der Waals surface area contributed by atoms with Gasteiger partial charge in [0.25, 0.3) is 11.8 Å². The second-order valence-electron chi connectivity index (χ2n) is 17.5. The lowest BCUT2D eigenvalue weighted by molar-refractivity contribution is -0.135. The molecule has 0 aliphatic heterocycles.